The first-order valence-electron chi connectivity index (χ1n) is 6.50. The molecule has 4 heteroatoms. The molecule has 1 aromatic rings. The van der Waals surface area contributed by atoms with Crippen molar-refractivity contribution in [3.63, 3.8) is 0 Å². The lowest BCUT2D eigenvalue weighted by Gasteiger charge is -2.17. The van der Waals surface area contributed by atoms with Gasteiger partial charge in [0.1, 0.15) is 5.75 Å². The van der Waals surface area contributed by atoms with E-state index < -0.39 is 0 Å². The predicted molar refractivity (Wildman–Crippen MR) is 70.6 cm³/mol. The number of aliphatic hydroxyl groups is 1. The number of aryl methyl sites for hydroxylation is 1. The Hall–Kier alpha value is -1.13. The number of likely N-dealkylation sites (tertiary alicyclic amines) is 1. The number of pyridine rings is 1. The van der Waals surface area contributed by atoms with Gasteiger partial charge in [-0.3, -0.25) is 9.88 Å². The largest absolute Gasteiger partial charge is 0.497 e. The zero-order valence-corrected chi connectivity index (χ0v) is 11.4. The maximum absolute atomic E-state index is 9.60. The maximum atomic E-state index is 9.60. The summed E-state index contributed by atoms with van der Waals surface area (Å²) >= 11 is 0. The zero-order valence-electron chi connectivity index (χ0n) is 11.4. The molecule has 0 amide bonds. The fourth-order valence-electron chi connectivity index (χ4n) is 2.53. The minimum atomic E-state index is -0.213. The van der Waals surface area contributed by atoms with Crippen LogP contribution in [0.4, 0.5) is 0 Å². The van der Waals surface area contributed by atoms with Gasteiger partial charge in [-0.1, -0.05) is 0 Å². The number of hydrogen-bond acceptors (Lipinski definition) is 4. The summed E-state index contributed by atoms with van der Waals surface area (Å²) in [6.45, 7) is 6.68. The van der Waals surface area contributed by atoms with Crippen molar-refractivity contribution in [1.29, 1.82) is 0 Å². The zero-order chi connectivity index (χ0) is 13.1. The van der Waals surface area contributed by atoms with Crippen molar-refractivity contribution in [2.45, 2.75) is 32.9 Å². The van der Waals surface area contributed by atoms with E-state index in [1.165, 1.54) is 0 Å². The van der Waals surface area contributed by atoms with Crippen molar-refractivity contribution in [1.82, 2.24) is 9.88 Å². The first-order valence-corrected chi connectivity index (χ1v) is 6.50. The standard InChI is InChI=1S/C14H22N2O2/c1-10-6-14(18-3)7-13(15-10)9-16-5-4-12(8-16)11(2)17/h6-7,11-12,17H,4-5,8-9H2,1-3H3. The third kappa shape index (κ3) is 3.21. The van der Waals surface area contributed by atoms with E-state index in [9.17, 15) is 5.11 Å². The van der Waals surface area contributed by atoms with Gasteiger partial charge in [0.2, 0.25) is 0 Å². The molecule has 1 aliphatic heterocycles. The number of ether oxygens (including phenoxy) is 1. The Morgan fingerprint density at radius 1 is 1.56 bits per heavy atom. The number of nitrogens with zero attached hydrogens (tertiary/aromatic N) is 2. The molecule has 1 saturated heterocycles. The van der Waals surface area contributed by atoms with Crippen LogP contribution in [0.15, 0.2) is 12.1 Å². The normalized spacial score (nSPS) is 22.1. The van der Waals surface area contributed by atoms with E-state index in [1.807, 2.05) is 26.0 Å². The summed E-state index contributed by atoms with van der Waals surface area (Å²) in [5, 5.41) is 9.60. The molecular formula is C14H22N2O2. The second-order valence-electron chi connectivity index (χ2n) is 5.16. The van der Waals surface area contributed by atoms with Crippen LogP contribution in [-0.2, 0) is 6.54 Å². The van der Waals surface area contributed by atoms with Gasteiger partial charge in [-0.05, 0) is 32.7 Å². The number of rotatable bonds is 4. The molecule has 18 heavy (non-hydrogen) atoms. The fraction of sp³-hybridized carbons (Fsp3) is 0.643. The number of hydrogen-bond donors (Lipinski definition) is 1. The molecule has 1 fully saturated rings. The van der Waals surface area contributed by atoms with Crippen LogP contribution in [0.5, 0.6) is 5.75 Å². The van der Waals surface area contributed by atoms with E-state index in [0.717, 1.165) is 43.2 Å². The Morgan fingerprint density at radius 3 is 2.94 bits per heavy atom. The lowest BCUT2D eigenvalue weighted by Crippen LogP contribution is -2.24. The third-order valence-electron chi connectivity index (χ3n) is 3.59. The number of methoxy groups -OCH3 is 1. The van der Waals surface area contributed by atoms with Gasteiger partial charge < -0.3 is 9.84 Å². The van der Waals surface area contributed by atoms with E-state index in [0.29, 0.717) is 5.92 Å². The lowest BCUT2D eigenvalue weighted by atomic mass is 10.0. The van der Waals surface area contributed by atoms with Crippen LogP contribution >= 0.6 is 0 Å². The molecule has 4 nitrogen and oxygen atoms in total. The van der Waals surface area contributed by atoms with E-state index >= 15 is 0 Å². The van der Waals surface area contributed by atoms with Gasteiger partial charge >= 0.3 is 0 Å². The van der Waals surface area contributed by atoms with Gasteiger partial charge in [-0.25, -0.2) is 0 Å². The summed E-state index contributed by atoms with van der Waals surface area (Å²) in [5.74, 6) is 1.26. The van der Waals surface area contributed by atoms with Crippen molar-refractivity contribution in [3.8, 4) is 5.75 Å². The SMILES string of the molecule is COc1cc(C)nc(CN2CCC(C(C)O)C2)c1. The number of aromatic nitrogens is 1. The van der Waals surface area contributed by atoms with Crippen LogP contribution in [0, 0.1) is 12.8 Å². The van der Waals surface area contributed by atoms with Crippen LogP contribution in [0.1, 0.15) is 24.7 Å². The molecule has 1 N–H and O–H groups in total. The van der Waals surface area contributed by atoms with Gasteiger partial charge in [0.25, 0.3) is 0 Å². The fourth-order valence-corrected chi connectivity index (χ4v) is 2.53. The van der Waals surface area contributed by atoms with Crippen molar-refractivity contribution in [2.75, 3.05) is 20.2 Å². The molecule has 100 valence electrons. The van der Waals surface area contributed by atoms with Gasteiger partial charge in [0.15, 0.2) is 0 Å². The first kappa shape index (κ1) is 13.3. The van der Waals surface area contributed by atoms with Crippen LogP contribution < -0.4 is 4.74 Å². The minimum absolute atomic E-state index is 0.213. The second-order valence-corrected chi connectivity index (χ2v) is 5.16. The molecular weight excluding hydrogens is 228 g/mol. The summed E-state index contributed by atoms with van der Waals surface area (Å²) < 4.78 is 5.26. The highest BCUT2D eigenvalue weighted by Gasteiger charge is 2.26. The molecule has 0 aromatic carbocycles. The summed E-state index contributed by atoms with van der Waals surface area (Å²) in [5.41, 5.74) is 2.02. The first-order chi connectivity index (χ1) is 8.58. The van der Waals surface area contributed by atoms with Crippen molar-refractivity contribution in [2.24, 2.45) is 5.92 Å². The quantitative estimate of drug-likeness (QED) is 0.881. The van der Waals surface area contributed by atoms with Crippen molar-refractivity contribution in [3.05, 3.63) is 23.5 Å². The molecule has 2 heterocycles. The van der Waals surface area contributed by atoms with Crippen molar-refractivity contribution >= 4 is 0 Å². The summed E-state index contributed by atoms with van der Waals surface area (Å²) in [6, 6.07) is 3.93. The molecule has 0 radical (unpaired) electrons. The van der Waals surface area contributed by atoms with Crippen molar-refractivity contribution < 1.29 is 9.84 Å². The van der Waals surface area contributed by atoms with Crippen LogP contribution in [-0.4, -0.2) is 41.3 Å². The van der Waals surface area contributed by atoms with Crippen LogP contribution in [0.3, 0.4) is 0 Å². The monoisotopic (exact) mass is 250 g/mol. The molecule has 2 atom stereocenters. The maximum Gasteiger partial charge on any atom is 0.122 e. The Bertz CT molecular complexity index is 407. The van der Waals surface area contributed by atoms with Gasteiger partial charge in [-0.15, -0.1) is 0 Å². The highest BCUT2D eigenvalue weighted by molar-refractivity contribution is 5.26. The van der Waals surface area contributed by atoms with E-state index in [4.69, 9.17) is 4.74 Å². The molecule has 0 aliphatic carbocycles. The Morgan fingerprint density at radius 2 is 2.33 bits per heavy atom. The average Bonchev–Trinajstić information content (AvgIpc) is 2.76. The molecule has 1 aliphatic rings. The van der Waals surface area contributed by atoms with Gasteiger partial charge in [0.05, 0.1) is 18.9 Å². The number of aliphatic hydroxyl groups excluding tert-OH is 1. The van der Waals surface area contributed by atoms with Crippen LogP contribution in [0.25, 0.3) is 0 Å². The summed E-state index contributed by atoms with van der Waals surface area (Å²) in [4.78, 5) is 6.88. The molecule has 0 bridgehead atoms. The Balaban J connectivity index is 2.00. The molecule has 2 rings (SSSR count). The van der Waals surface area contributed by atoms with Crippen LogP contribution in [0.2, 0.25) is 0 Å². The Kier molecular flexibility index (Phi) is 4.19. The predicted octanol–water partition coefficient (Wildman–Crippen LogP) is 1.60. The second kappa shape index (κ2) is 5.67. The molecule has 0 spiro atoms. The van der Waals surface area contributed by atoms with E-state index in [-0.39, 0.29) is 6.10 Å². The smallest absolute Gasteiger partial charge is 0.122 e. The summed E-state index contributed by atoms with van der Waals surface area (Å²) in [6.07, 6.45) is 0.857. The third-order valence-corrected chi connectivity index (χ3v) is 3.59. The van der Waals surface area contributed by atoms with E-state index in [2.05, 4.69) is 9.88 Å². The molecule has 2 unspecified atom stereocenters. The summed E-state index contributed by atoms with van der Waals surface area (Å²) in [7, 11) is 1.68. The minimum Gasteiger partial charge on any atom is -0.497 e. The Labute approximate surface area is 109 Å². The molecule has 0 saturated carbocycles. The van der Waals surface area contributed by atoms with E-state index in [1.54, 1.807) is 7.11 Å². The lowest BCUT2D eigenvalue weighted by molar-refractivity contribution is 0.127. The van der Waals surface area contributed by atoms with Gasteiger partial charge in [0, 0.05) is 30.9 Å². The van der Waals surface area contributed by atoms with Gasteiger partial charge in [-0.2, -0.15) is 0 Å². The highest BCUT2D eigenvalue weighted by Crippen LogP contribution is 2.22. The average molecular weight is 250 g/mol. The topological polar surface area (TPSA) is 45.6 Å². The highest BCUT2D eigenvalue weighted by atomic mass is 16.5. The molecule has 1 aromatic heterocycles.